The van der Waals surface area contributed by atoms with Gasteiger partial charge in [-0.15, -0.1) is 0 Å². The van der Waals surface area contributed by atoms with Crippen LogP contribution in [0, 0.1) is 12.3 Å². The molecule has 2 aromatic rings. The Morgan fingerprint density at radius 2 is 1.71 bits per heavy atom. The molecule has 2 amide bonds. The summed E-state index contributed by atoms with van der Waals surface area (Å²) in [5.41, 5.74) is 3.18. The number of amides is 2. The van der Waals surface area contributed by atoms with Crippen LogP contribution in [0.5, 0.6) is 5.75 Å². The molecular formula is C38H55N3O8. The highest BCUT2D eigenvalue weighted by atomic mass is 16.5. The van der Waals surface area contributed by atoms with E-state index in [2.05, 4.69) is 24.5 Å². The van der Waals surface area contributed by atoms with E-state index in [-0.39, 0.29) is 29.0 Å². The molecule has 0 aromatic heterocycles. The number of phenols is 1. The summed E-state index contributed by atoms with van der Waals surface area (Å²) in [6, 6.07) is 9.51. The van der Waals surface area contributed by atoms with Gasteiger partial charge >= 0.3 is 0 Å². The highest BCUT2D eigenvalue weighted by Gasteiger charge is 2.45. The van der Waals surface area contributed by atoms with E-state index in [9.17, 15) is 35.1 Å². The third-order valence-corrected chi connectivity index (χ3v) is 10.0. The Balaban J connectivity index is 1.54. The summed E-state index contributed by atoms with van der Waals surface area (Å²) in [5, 5.41) is 58.4. The molecule has 6 atom stereocenters. The lowest BCUT2D eigenvalue weighted by Crippen LogP contribution is -2.60. The van der Waals surface area contributed by atoms with Crippen LogP contribution in [0.3, 0.4) is 0 Å². The average molecular weight is 682 g/mol. The number of ether oxygens (including phenoxy) is 1. The van der Waals surface area contributed by atoms with Crippen molar-refractivity contribution in [1.82, 2.24) is 15.5 Å². The molecule has 11 heteroatoms. The zero-order chi connectivity index (χ0) is 36.3. The smallest absolute Gasteiger partial charge is 0.247 e. The van der Waals surface area contributed by atoms with Crippen molar-refractivity contribution in [3.8, 4) is 5.75 Å². The van der Waals surface area contributed by atoms with Gasteiger partial charge in [0.25, 0.3) is 0 Å². The van der Waals surface area contributed by atoms with Gasteiger partial charge in [-0.25, -0.2) is 0 Å². The second-order valence-corrected chi connectivity index (χ2v) is 14.7. The molecule has 0 radical (unpaired) electrons. The molecule has 2 aliphatic rings. The van der Waals surface area contributed by atoms with E-state index in [1.165, 1.54) is 0 Å². The summed E-state index contributed by atoms with van der Waals surface area (Å²) < 4.78 is 5.78. The zero-order valence-corrected chi connectivity index (χ0v) is 29.9. The molecule has 6 unspecified atom stereocenters. The van der Waals surface area contributed by atoms with Crippen LogP contribution in [-0.2, 0) is 20.7 Å². The SMILES string of the molecule is CCC(C)c1cc(O)c(C2OC(CO)C(O)C(O)C2O)cc1Cc1ccc(C=CC(C)(C)C(=O)NC(C)(C)C(=O)N2CCNCC2)cc1C. The molecule has 0 aliphatic carbocycles. The van der Waals surface area contributed by atoms with Crippen molar-refractivity contribution < 1.29 is 39.9 Å². The van der Waals surface area contributed by atoms with Crippen LogP contribution in [0.15, 0.2) is 36.4 Å². The standard InChI is InChI=1S/C38H55N3O8/c1-8-22(2)27-20-29(43)28(34-33(46)32(45)31(44)30(21-42)49-34)19-26(27)18-25-10-9-24(17-23(25)3)11-12-37(4,5)35(47)40-38(6,7)36(48)41-15-13-39-14-16-41/h9-12,17,19-20,22,30-34,39,42-46H,8,13-16,18,21H2,1-7H3,(H,40,47). The molecule has 2 aromatic carbocycles. The Hall–Kier alpha value is -3.32. The third kappa shape index (κ3) is 8.71. The van der Waals surface area contributed by atoms with Crippen LogP contribution < -0.4 is 10.6 Å². The molecule has 2 aliphatic heterocycles. The normalized spacial score (nSPS) is 24.2. The topological polar surface area (TPSA) is 172 Å². The molecule has 2 fully saturated rings. The van der Waals surface area contributed by atoms with Crippen molar-refractivity contribution >= 4 is 17.9 Å². The molecule has 0 bridgehead atoms. The lowest BCUT2D eigenvalue weighted by atomic mass is 9.84. The molecule has 7 N–H and O–H groups in total. The van der Waals surface area contributed by atoms with Gasteiger partial charge in [-0.05, 0) is 93.3 Å². The number of aliphatic hydroxyl groups excluding tert-OH is 4. The summed E-state index contributed by atoms with van der Waals surface area (Å²) in [4.78, 5) is 28.3. The molecule has 11 nitrogen and oxygen atoms in total. The molecule has 2 saturated heterocycles. The predicted molar refractivity (Wildman–Crippen MR) is 188 cm³/mol. The Bertz CT molecular complexity index is 1510. The molecular weight excluding hydrogens is 626 g/mol. The minimum absolute atomic E-state index is 0.0937. The number of aromatic hydroxyl groups is 1. The zero-order valence-electron chi connectivity index (χ0n) is 29.9. The number of hydrogen-bond donors (Lipinski definition) is 7. The van der Waals surface area contributed by atoms with Crippen molar-refractivity contribution in [3.05, 3.63) is 69.8 Å². The lowest BCUT2D eigenvalue weighted by molar-refractivity contribution is -0.232. The highest BCUT2D eigenvalue weighted by molar-refractivity contribution is 5.93. The Morgan fingerprint density at radius 1 is 1.04 bits per heavy atom. The fraction of sp³-hybridized carbons (Fsp3) is 0.579. The van der Waals surface area contributed by atoms with E-state index in [1.54, 1.807) is 30.9 Å². The second kappa shape index (κ2) is 15.7. The van der Waals surface area contributed by atoms with Gasteiger partial charge < -0.3 is 45.8 Å². The van der Waals surface area contributed by atoms with Gasteiger partial charge in [0.1, 0.15) is 41.8 Å². The fourth-order valence-electron chi connectivity index (χ4n) is 6.45. The summed E-state index contributed by atoms with van der Waals surface area (Å²) in [6.45, 7) is 15.4. The predicted octanol–water partition coefficient (Wildman–Crippen LogP) is 2.69. The molecule has 49 heavy (non-hydrogen) atoms. The summed E-state index contributed by atoms with van der Waals surface area (Å²) in [6.07, 6.45) is -1.71. The van der Waals surface area contributed by atoms with Gasteiger partial charge in [-0.1, -0.05) is 44.2 Å². The highest BCUT2D eigenvalue weighted by Crippen LogP contribution is 2.40. The number of hydrogen-bond acceptors (Lipinski definition) is 9. The first-order valence-electron chi connectivity index (χ1n) is 17.3. The number of carbonyl (C=O) groups excluding carboxylic acids is 2. The van der Waals surface area contributed by atoms with Crippen molar-refractivity contribution in [2.45, 2.75) is 103 Å². The number of carbonyl (C=O) groups is 2. The Kier molecular flexibility index (Phi) is 12.3. The number of rotatable bonds is 11. The van der Waals surface area contributed by atoms with Gasteiger partial charge in [0.05, 0.1) is 12.0 Å². The number of aryl methyl sites for hydroxylation is 1. The van der Waals surface area contributed by atoms with E-state index < -0.39 is 48.1 Å². The number of nitrogens with one attached hydrogen (secondary N) is 2. The minimum atomic E-state index is -1.56. The number of piperazine rings is 1. The second-order valence-electron chi connectivity index (χ2n) is 14.7. The van der Waals surface area contributed by atoms with E-state index in [0.717, 1.165) is 47.3 Å². The van der Waals surface area contributed by atoms with E-state index in [0.29, 0.717) is 19.5 Å². The maximum absolute atomic E-state index is 13.4. The summed E-state index contributed by atoms with van der Waals surface area (Å²) >= 11 is 0. The van der Waals surface area contributed by atoms with E-state index in [4.69, 9.17) is 4.74 Å². The van der Waals surface area contributed by atoms with Crippen molar-refractivity contribution in [2.75, 3.05) is 32.8 Å². The van der Waals surface area contributed by atoms with Crippen LogP contribution in [0.25, 0.3) is 6.08 Å². The van der Waals surface area contributed by atoms with Crippen molar-refractivity contribution in [2.24, 2.45) is 5.41 Å². The minimum Gasteiger partial charge on any atom is -0.508 e. The van der Waals surface area contributed by atoms with Gasteiger partial charge in [0.2, 0.25) is 11.8 Å². The Morgan fingerprint density at radius 3 is 2.33 bits per heavy atom. The molecule has 2 heterocycles. The quantitative estimate of drug-likeness (QED) is 0.188. The molecule has 4 rings (SSSR count). The molecule has 0 spiro atoms. The van der Waals surface area contributed by atoms with Gasteiger partial charge in [-0.2, -0.15) is 0 Å². The lowest BCUT2D eigenvalue weighted by Gasteiger charge is -2.40. The van der Waals surface area contributed by atoms with Crippen LogP contribution in [0.2, 0.25) is 0 Å². The van der Waals surface area contributed by atoms with Gasteiger partial charge in [0, 0.05) is 31.7 Å². The Labute approximate surface area is 290 Å². The molecule has 0 saturated carbocycles. The largest absolute Gasteiger partial charge is 0.508 e. The maximum atomic E-state index is 13.4. The average Bonchev–Trinajstić information content (AvgIpc) is 3.07. The van der Waals surface area contributed by atoms with E-state index in [1.807, 2.05) is 51.1 Å². The first-order chi connectivity index (χ1) is 23.0. The number of benzene rings is 2. The third-order valence-electron chi connectivity index (χ3n) is 10.0. The number of aliphatic hydroxyl groups is 4. The van der Waals surface area contributed by atoms with Gasteiger partial charge in [-0.3, -0.25) is 9.59 Å². The monoisotopic (exact) mass is 681 g/mol. The van der Waals surface area contributed by atoms with Crippen LogP contribution in [-0.4, -0.2) is 105 Å². The maximum Gasteiger partial charge on any atom is 0.247 e. The van der Waals surface area contributed by atoms with Crippen LogP contribution in [0.4, 0.5) is 0 Å². The summed E-state index contributed by atoms with van der Waals surface area (Å²) in [5.74, 6) is -0.314. The fourth-order valence-corrected chi connectivity index (χ4v) is 6.45. The van der Waals surface area contributed by atoms with Crippen molar-refractivity contribution in [3.63, 3.8) is 0 Å². The van der Waals surface area contributed by atoms with Gasteiger partial charge in [0.15, 0.2) is 0 Å². The number of nitrogens with zero attached hydrogens (tertiary/aromatic N) is 1. The summed E-state index contributed by atoms with van der Waals surface area (Å²) in [7, 11) is 0. The van der Waals surface area contributed by atoms with Crippen LogP contribution in [0.1, 0.15) is 93.4 Å². The number of phenolic OH excluding ortho intramolecular Hbond substituents is 1. The van der Waals surface area contributed by atoms with Crippen LogP contribution >= 0.6 is 0 Å². The first kappa shape index (κ1) is 38.5. The first-order valence-corrected chi connectivity index (χ1v) is 17.3. The van der Waals surface area contributed by atoms with Crippen molar-refractivity contribution in [1.29, 1.82) is 0 Å². The molecule has 270 valence electrons. The van der Waals surface area contributed by atoms with E-state index >= 15 is 0 Å².